The van der Waals surface area contributed by atoms with Gasteiger partial charge >= 0.3 is 0 Å². The van der Waals surface area contributed by atoms with Gasteiger partial charge in [-0.2, -0.15) is 0 Å². The maximum atomic E-state index is 6.39. The fourth-order valence-corrected chi connectivity index (χ4v) is 7.40. The molecule has 46 heavy (non-hydrogen) atoms. The lowest BCUT2D eigenvalue weighted by atomic mass is 9.66. The Balaban J connectivity index is 1.41. The summed E-state index contributed by atoms with van der Waals surface area (Å²) in [5.41, 5.74) is 3.61. The first kappa shape index (κ1) is 35.8. The number of rotatable bonds is 17. The number of aryl methyl sites for hydroxylation is 1. The Bertz CT molecular complexity index is 1340. The standard InChI is InChI=1S/C38H54O7Si/c1-37(2,3)36(45-46(7)8)22-13-28-11-16-30(17-12-28)41-23-9-10-34-33-21-20-32(44-27-40-6)24-35(33)42-25-38(34,4)29-14-18-31(19-15-29)43-26-39-5/h11-12,14-21,24,34,36,46H,9-10,13,22-23,25-27H2,1-8H3. The molecule has 1 heterocycles. The second-order valence-electron chi connectivity index (χ2n) is 13.8. The Labute approximate surface area is 278 Å². The number of ether oxygens (including phenoxy) is 6. The van der Waals surface area contributed by atoms with Gasteiger partial charge in [-0.15, -0.1) is 0 Å². The topological polar surface area (TPSA) is 64.6 Å². The van der Waals surface area contributed by atoms with Crippen molar-refractivity contribution in [3.63, 3.8) is 0 Å². The van der Waals surface area contributed by atoms with Crippen LogP contribution in [0.4, 0.5) is 0 Å². The van der Waals surface area contributed by atoms with Gasteiger partial charge in [-0.3, -0.25) is 0 Å². The van der Waals surface area contributed by atoms with Crippen molar-refractivity contribution in [1.29, 1.82) is 0 Å². The molecule has 0 amide bonds. The Hall–Kier alpha value is -3.04. The molecule has 7 nitrogen and oxygen atoms in total. The van der Waals surface area contributed by atoms with Crippen LogP contribution >= 0.6 is 0 Å². The van der Waals surface area contributed by atoms with Crippen LogP contribution in [0, 0.1) is 5.41 Å². The van der Waals surface area contributed by atoms with E-state index in [1.54, 1.807) is 14.2 Å². The molecule has 3 aromatic rings. The zero-order valence-electron chi connectivity index (χ0n) is 29.1. The lowest BCUT2D eigenvalue weighted by Crippen LogP contribution is -2.40. The molecule has 0 N–H and O–H groups in total. The normalized spacial score (nSPS) is 18.5. The van der Waals surface area contributed by atoms with Gasteiger partial charge in [0.1, 0.15) is 23.0 Å². The quantitative estimate of drug-likeness (QED) is 0.0828. The fourth-order valence-electron chi connectivity index (χ4n) is 6.19. The van der Waals surface area contributed by atoms with Gasteiger partial charge in [0.05, 0.1) is 13.2 Å². The van der Waals surface area contributed by atoms with E-state index in [1.807, 2.05) is 24.3 Å². The third-order valence-corrected chi connectivity index (χ3v) is 9.66. The Kier molecular flexibility index (Phi) is 13.0. The summed E-state index contributed by atoms with van der Waals surface area (Å²) in [5.74, 6) is 3.50. The van der Waals surface area contributed by atoms with E-state index in [-0.39, 0.29) is 36.4 Å². The molecule has 0 aliphatic carbocycles. The van der Waals surface area contributed by atoms with Crippen molar-refractivity contribution in [2.45, 2.75) is 83.9 Å². The maximum Gasteiger partial charge on any atom is 0.188 e. The second kappa shape index (κ2) is 16.7. The molecule has 0 fully saturated rings. The van der Waals surface area contributed by atoms with Gasteiger partial charge in [0, 0.05) is 37.7 Å². The van der Waals surface area contributed by atoms with Crippen LogP contribution in [0.1, 0.15) is 69.6 Å². The third-order valence-electron chi connectivity index (χ3n) is 8.78. The molecule has 1 aliphatic rings. The van der Waals surface area contributed by atoms with Gasteiger partial charge in [-0.05, 0) is 91.2 Å². The fraction of sp³-hybridized carbons (Fsp3) is 0.526. The first-order valence-corrected chi connectivity index (χ1v) is 19.3. The Morgan fingerprint density at radius 3 is 2.09 bits per heavy atom. The monoisotopic (exact) mass is 650 g/mol. The summed E-state index contributed by atoms with van der Waals surface area (Å²) in [6.45, 7) is 15.2. The SMILES string of the molecule is COCOc1ccc(C2(C)COc3cc(OCOC)ccc3C2CCCOc2ccc(CCC(O[SiH](C)C)C(C)(C)C)cc2)cc1. The van der Waals surface area contributed by atoms with Crippen LogP contribution in [0.3, 0.4) is 0 Å². The Morgan fingerprint density at radius 2 is 1.46 bits per heavy atom. The first-order chi connectivity index (χ1) is 22.0. The van der Waals surface area contributed by atoms with E-state index < -0.39 is 9.04 Å². The van der Waals surface area contributed by atoms with Crippen LogP contribution < -0.4 is 18.9 Å². The van der Waals surface area contributed by atoms with Crippen molar-refractivity contribution in [3.8, 4) is 23.0 Å². The predicted octanol–water partition coefficient (Wildman–Crippen LogP) is 8.29. The molecule has 0 saturated heterocycles. The van der Waals surface area contributed by atoms with Crippen molar-refractivity contribution in [2.75, 3.05) is 41.0 Å². The van der Waals surface area contributed by atoms with Crippen LogP contribution in [0.25, 0.3) is 0 Å². The molecule has 0 bridgehead atoms. The van der Waals surface area contributed by atoms with E-state index in [0.717, 1.165) is 48.7 Å². The molecular weight excluding hydrogens is 596 g/mol. The summed E-state index contributed by atoms with van der Waals surface area (Å²) in [6.07, 6.45) is 4.16. The smallest absolute Gasteiger partial charge is 0.188 e. The van der Waals surface area contributed by atoms with E-state index in [0.29, 0.717) is 13.2 Å². The van der Waals surface area contributed by atoms with Crippen molar-refractivity contribution in [3.05, 3.63) is 83.4 Å². The lowest BCUT2D eigenvalue weighted by molar-refractivity contribution is 0.0505. The van der Waals surface area contributed by atoms with Crippen LogP contribution in [0.2, 0.25) is 13.1 Å². The molecule has 0 spiro atoms. The highest BCUT2D eigenvalue weighted by molar-refractivity contribution is 6.48. The summed E-state index contributed by atoms with van der Waals surface area (Å²) in [4.78, 5) is 0. The van der Waals surface area contributed by atoms with Crippen LogP contribution in [-0.4, -0.2) is 56.2 Å². The molecule has 0 aromatic heterocycles. The largest absolute Gasteiger partial charge is 0.494 e. The first-order valence-electron chi connectivity index (χ1n) is 16.5. The minimum absolute atomic E-state index is 0.142. The second-order valence-corrected chi connectivity index (χ2v) is 16.2. The van der Waals surface area contributed by atoms with Gasteiger partial charge in [0.2, 0.25) is 0 Å². The van der Waals surface area contributed by atoms with Crippen LogP contribution in [0.5, 0.6) is 23.0 Å². The average molecular weight is 651 g/mol. The Morgan fingerprint density at radius 1 is 0.848 bits per heavy atom. The molecule has 3 unspecified atom stereocenters. The summed E-state index contributed by atoms with van der Waals surface area (Å²) < 4.78 is 40.5. The zero-order valence-corrected chi connectivity index (χ0v) is 30.3. The number of fused-ring (bicyclic) bond motifs is 1. The number of benzene rings is 3. The molecule has 1 aliphatic heterocycles. The predicted molar refractivity (Wildman–Crippen MR) is 186 cm³/mol. The molecule has 8 heteroatoms. The van der Waals surface area contributed by atoms with Gasteiger partial charge in [0.15, 0.2) is 22.6 Å². The van der Waals surface area contributed by atoms with E-state index in [9.17, 15) is 0 Å². The van der Waals surface area contributed by atoms with E-state index >= 15 is 0 Å². The molecule has 252 valence electrons. The molecular formula is C38H54O7Si. The number of methoxy groups -OCH3 is 2. The number of hydrogen-bond donors (Lipinski definition) is 0. The number of hydrogen-bond acceptors (Lipinski definition) is 7. The van der Waals surface area contributed by atoms with E-state index in [2.05, 4.69) is 83.3 Å². The summed E-state index contributed by atoms with van der Waals surface area (Å²) in [6, 6.07) is 23.0. The lowest BCUT2D eigenvalue weighted by Gasteiger charge is -2.43. The minimum atomic E-state index is -1.09. The highest BCUT2D eigenvalue weighted by Gasteiger charge is 2.42. The zero-order chi connectivity index (χ0) is 33.2. The van der Waals surface area contributed by atoms with Gasteiger partial charge in [-0.1, -0.05) is 58.0 Å². The van der Waals surface area contributed by atoms with Crippen molar-refractivity contribution in [2.24, 2.45) is 5.41 Å². The van der Waals surface area contributed by atoms with Gasteiger partial charge < -0.3 is 32.8 Å². The van der Waals surface area contributed by atoms with Crippen LogP contribution in [0.15, 0.2) is 66.7 Å². The van der Waals surface area contributed by atoms with Crippen molar-refractivity contribution in [1.82, 2.24) is 0 Å². The minimum Gasteiger partial charge on any atom is -0.494 e. The van der Waals surface area contributed by atoms with E-state index in [4.69, 9.17) is 32.8 Å². The molecule has 0 radical (unpaired) electrons. The summed E-state index contributed by atoms with van der Waals surface area (Å²) >= 11 is 0. The molecule has 4 rings (SSSR count). The molecule has 3 aromatic carbocycles. The average Bonchev–Trinajstić information content (AvgIpc) is 3.04. The van der Waals surface area contributed by atoms with Gasteiger partial charge in [0.25, 0.3) is 0 Å². The maximum absolute atomic E-state index is 6.39. The molecule has 0 saturated carbocycles. The summed E-state index contributed by atoms with van der Waals surface area (Å²) in [5, 5.41) is 0. The highest BCUT2D eigenvalue weighted by atomic mass is 28.3. The van der Waals surface area contributed by atoms with Gasteiger partial charge in [-0.25, -0.2) is 0 Å². The third kappa shape index (κ3) is 9.74. The molecule has 3 atom stereocenters. The van der Waals surface area contributed by atoms with Crippen molar-refractivity contribution >= 4 is 9.04 Å². The summed E-state index contributed by atoms with van der Waals surface area (Å²) in [7, 11) is 2.14. The van der Waals surface area contributed by atoms with E-state index in [1.165, 1.54) is 16.7 Å². The van der Waals surface area contributed by atoms with Crippen LogP contribution in [-0.2, 0) is 25.7 Å². The highest BCUT2D eigenvalue weighted by Crippen LogP contribution is 2.49. The van der Waals surface area contributed by atoms with Crippen molar-refractivity contribution < 1.29 is 32.8 Å².